The average Bonchev–Trinajstić information content (AvgIpc) is 3.35. The maximum atomic E-state index is 12.4. The summed E-state index contributed by atoms with van der Waals surface area (Å²) in [6.45, 7) is 2.86. The van der Waals surface area contributed by atoms with Gasteiger partial charge in [0.2, 0.25) is 5.91 Å². The second-order valence-electron chi connectivity index (χ2n) is 7.55. The fourth-order valence-corrected chi connectivity index (χ4v) is 3.90. The summed E-state index contributed by atoms with van der Waals surface area (Å²) in [5.41, 5.74) is 0.955. The molecule has 3 aliphatic rings. The fourth-order valence-electron chi connectivity index (χ4n) is 3.90. The van der Waals surface area contributed by atoms with E-state index in [-0.39, 0.29) is 11.7 Å². The molecule has 2 atom stereocenters. The Balaban J connectivity index is 1.30. The van der Waals surface area contributed by atoms with Gasteiger partial charge in [0.25, 0.3) is 0 Å². The third kappa shape index (κ3) is 3.78. The van der Waals surface area contributed by atoms with Gasteiger partial charge >= 0.3 is 0 Å². The molecular weight excluding hydrogens is 304 g/mol. The molecule has 24 heavy (non-hydrogen) atoms. The molecule has 2 saturated heterocycles. The van der Waals surface area contributed by atoms with Gasteiger partial charge in [-0.05, 0) is 49.3 Å². The Morgan fingerprint density at radius 2 is 2.21 bits per heavy atom. The Morgan fingerprint density at radius 1 is 1.38 bits per heavy atom. The molecule has 5 nitrogen and oxygen atoms in total. The summed E-state index contributed by atoms with van der Waals surface area (Å²) in [4.78, 5) is 18.5. The van der Waals surface area contributed by atoms with E-state index >= 15 is 0 Å². The van der Waals surface area contributed by atoms with E-state index in [4.69, 9.17) is 9.47 Å². The summed E-state index contributed by atoms with van der Waals surface area (Å²) in [7, 11) is 0. The highest BCUT2D eigenvalue weighted by molar-refractivity contribution is 5.77. The number of aromatic nitrogens is 1. The minimum Gasteiger partial charge on any atom is -0.371 e. The fraction of sp³-hybridized carbons (Fsp3) is 0.684. The van der Waals surface area contributed by atoms with Crippen LogP contribution in [0.3, 0.4) is 0 Å². The minimum atomic E-state index is -0.180. The molecule has 2 aliphatic heterocycles. The zero-order valence-electron chi connectivity index (χ0n) is 14.2. The summed E-state index contributed by atoms with van der Waals surface area (Å²) in [5, 5.41) is 0. The van der Waals surface area contributed by atoms with Gasteiger partial charge in [-0.3, -0.25) is 9.78 Å². The number of amides is 1. The van der Waals surface area contributed by atoms with E-state index in [0.29, 0.717) is 25.0 Å². The first kappa shape index (κ1) is 16.0. The second-order valence-corrected chi connectivity index (χ2v) is 7.55. The van der Waals surface area contributed by atoms with E-state index in [9.17, 15) is 4.79 Å². The molecule has 0 bridgehead atoms. The minimum absolute atomic E-state index is 0.122. The monoisotopic (exact) mass is 330 g/mol. The number of carbonyl (C=O) groups is 1. The van der Waals surface area contributed by atoms with Crippen LogP contribution in [0.1, 0.15) is 44.1 Å². The van der Waals surface area contributed by atoms with Gasteiger partial charge in [-0.2, -0.15) is 0 Å². The maximum absolute atomic E-state index is 12.4. The summed E-state index contributed by atoms with van der Waals surface area (Å²) < 4.78 is 12.2. The van der Waals surface area contributed by atoms with Crippen molar-refractivity contribution >= 4 is 5.91 Å². The summed E-state index contributed by atoms with van der Waals surface area (Å²) in [6, 6.07) is 3.95. The first-order valence-corrected chi connectivity index (χ1v) is 9.15. The van der Waals surface area contributed by atoms with Crippen LogP contribution in [0.15, 0.2) is 24.5 Å². The summed E-state index contributed by atoms with van der Waals surface area (Å²) >= 11 is 0. The molecule has 5 heteroatoms. The summed E-state index contributed by atoms with van der Waals surface area (Å²) in [5.74, 6) is 0.970. The molecule has 3 heterocycles. The molecule has 1 amide bonds. The number of piperidine rings is 1. The topological polar surface area (TPSA) is 51.7 Å². The molecule has 0 N–H and O–H groups in total. The van der Waals surface area contributed by atoms with Crippen molar-refractivity contribution in [1.29, 1.82) is 0 Å². The van der Waals surface area contributed by atoms with Gasteiger partial charge in [0.1, 0.15) is 0 Å². The molecular formula is C19H26N2O3. The lowest BCUT2D eigenvalue weighted by atomic mass is 9.89. The van der Waals surface area contributed by atoms with Crippen molar-refractivity contribution < 1.29 is 14.3 Å². The molecule has 4 rings (SSSR count). The Kier molecular flexibility index (Phi) is 4.55. The van der Waals surface area contributed by atoms with Crippen LogP contribution >= 0.6 is 0 Å². The maximum Gasteiger partial charge on any atom is 0.222 e. The number of nitrogens with zero attached hydrogens (tertiary/aromatic N) is 2. The van der Waals surface area contributed by atoms with Crippen LogP contribution in [-0.4, -0.2) is 47.2 Å². The third-order valence-corrected chi connectivity index (χ3v) is 5.46. The Morgan fingerprint density at radius 3 is 3.00 bits per heavy atom. The van der Waals surface area contributed by atoms with Crippen molar-refractivity contribution in [3.8, 4) is 0 Å². The van der Waals surface area contributed by atoms with Gasteiger partial charge in [0.05, 0.1) is 24.9 Å². The van der Waals surface area contributed by atoms with Gasteiger partial charge in [-0.1, -0.05) is 0 Å². The SMILES string of the molecule is O=C(CC1CC1)N1CCC[C@]2(C[C@H](OCc3ccncc3)CO2)C1. The van der Waals surface area contributed by atoms with Crippen LogP contribution in [0, 0.1) is 5.92 Å². The highest BCUT2D eigenvalue weighted by Gasteiger charge is 2.45. The molecule has 1 aromatic rings. The van der Waals surface area contributed by atoms with Gasteiger partial charge in [0, 0.05) is 38.3 Å². The van der Waals surface area contributed by atoms with Crippen molar-refractivity contribution in [2.24, 2.45) is 5.92 Å². The standard InChI is InChI=1S/C19H26N2O3/c22-18(10-15-2-3-15)21-9-1-6-19(14-21)11-17(13-24-19)23-12-16-4-7-20-8-5-16/h4-5,7-8,15,17H,1-3,6,9-14H2/t17-,19-/m0/s1. The number of carbonyl (C=O) groups excluding carboxylic acids is 1. The number of hydrogen-bond acceptors (Lipinski definition) is 4. The molecule has 0 radical (unpaired) electrons. The summed E-state index contributed by atoms with van der Waals surface area (Å²) in [6.07, 6.45) is 9.85. The number of likely N-dealkylation sites (tertiary alicyclic amines) is 1. The van der Waals surface area contributed by atoms with Crippen molar-refractivity contribution in [2.45, 2.75) is 56.8 Å². The molecule has 1 spiro atoms. The van der Waals surface area contributed by atoms with E-state index in [1.807, 2.05) is 17.0 Å². The average molecular weight is 330 g/mol. The van der Waals surface area contributed by atoms with E-state index in [2.05, 4.69) is 4.98 Å². The van der Waals surface area contributed by atoms with Crippen LogP contribution < -0.4 is 0 Å². The largest absolute Gasteiger partial charge is 0.371 e. The van der Waals surface area contributed by atoms with Gasteiger partial charge < -0.3 is 14.4 Å². The van der Waals surface area contributed by atoms with Crippen LogP contribution in [0.2, 0.25) is 0 Å². The lowest BCUT2D eigenvalue weighted by Crippen LogP contribution is -2.50. The third-order valence-electron chi connectivity index (χ3n) is 5.46. The zero-order valence-corrected chi connectivity index (χ0v) is 14.2. The molecule has 0 unspecified atom stereocenters. The molecule has 1 aromatic heterocycles. The van der Waals surface area contributed by atoms with E-state index in [1.165, 1.54) is 12.8 Å². The Labute approximate surface area is 143 Å². The number of pyridine rings is 1. The van der Waals surface area contributed by atoms with Gasteiger partial charge in [-0.25, -0.2) is 0 Å². The molecule has 130 valence electrons. The van der Waals surface area contributed by atoms with Crippen molar-refractivity contribution in [3.63, 3.8) is 0 Å². The Bertz CT molecular complexity index is 575. The smallest absolute Gasteiger partial charge is 0.222 e. The van der Waals surface area contributed by atoms with E-state index < -0.39 is 0 Å². The normalized spacial score (nSPS) is 30.0. The van der Waals surface area contributed by atoms with Crippen LogP contribution in [-0.2, 0) is 20.9 Å². The highest BCUT2D eigenvalue weighted by Crippen LogP contribution is 2.38. The quantitative estimate of drug-likeness (QED) is 0.832. The number of rotatable bonds is 5. The molecule has 1 saturated carbocycles. The van der Waals surface area contributed by atoms with Crippen molar-refractivity contribution in [1.82, 2.24) is 9.88 Å². The van der Waals surface area contributed by atoms with Crippen LogP contribution in [0.25, 0.3) is 0 Å². The van der Waals surface area contributed by atoms with Crippen LogP contribution in [0.5, 0.6) is 0 Å². The number of hydrogen-bond donors (Lipinski definition) is 0. The first-order chi connectivity index (χ1) is 11.7. The number of ether oxygens (including phenoxy) is 2. The van der Waals surface area contributed by atoms with Crippen LogP contribution in [0.4, 0.5) is 0 Å². The first-order valence-electron chi connectivity index (χ1n) is 9.15. The lowest BCUT2D eigenvalue weighted by Gasteiger charge is -2.39. The second kappa shape index (κ2) is 6.81. The predicted molar refractivity (Wildman–Crippen MR) is 89.3 cm³/mol. The van der Waals surface area contributed by atoms with Gasteiger partial charge in [-0.15, -0.1) is 0 Å². The van der Waals surface area contributed by atoms with E-state index in [1.54, 1.807) is 12.4 Å². The highest BCUT2D eigenvalue weighted by atomic mass is 16.6. The predicted octanol–water partition coefficient (Wildman–Crippen LogP) is 2.55. The zero-order chi connectivity index (χ0) is 16.4. The molecule has 1 aliphatic carbocycles. The van der Waals surface area contributed by atoms with E-state index in [0.717, 1.165) is 44.3 Å². The lowest BCUT2D eigenvalue weighted by molar-refractivity contribution is -0.139. The van der Waals surface area contributed by atoms with Gasteiger partial charge in [0.15, 0.2) is 0 Å². The van der Waals surface area contributed by atoms with Crippen molar-refractivity contribution in [3.05, 3.63) is 30.1 Å². The molecule has 0 aromatic carbocycles. The van der Waals surface area contributed by atoms with Crippen molar-refractivity contribution in [2.75, 3.05) is 19.7 Å². The molecule has 3 fully saturated rings. The Hall–Kier alpha value is -1.46.